The second-order valence-corrected chi connectivity index (χ2v) is 8.38. The van der Waals surface area contributed by atoms with Gasteiger partial charge >= 0.3 is 0 Å². The van der Waals surface area contributed by atoms with Gasteiger partial charge in [-0.3, -0.25) is 9.56 Å². The summed E-state index contributed by atoms with van der Waals surface area (Å²) in [6, 6.07) is 0.0677. The molecule has 9 heteroatoms. The van der Waals surface area contributed by atoms with Crippen LogP contribution in [0.2, 0.25) is 0 Å². The van der Waals surface area contributed by atoms with Gasteiger partial charge in [-0.2, -0.15) is 0 Å². The van der Waals surface area contributed by atoms with Crippen LogP contribution in [-0.4, -0.2) is 58.7 Å². The van der Waals surface area contributed by atoms with Crippen molar-refractivity contribution in [3.05, 3.63) is 23.9 Å². The van der Waals surface area contributed by atoms with Gasteiger partial charge in [0, 0.05) is 19.0 Å². The fourth-order valence-corrected chi connectivity index (χ4v) is 4.72. The first-order chi connectivity index (χ1) is 11.1. The zero-order valence-electron chi connectivity index (χ0n) is 13.0. The van der Waals surface area contributed by atoms with E-state index in [0.717, 1.165) is 24.5 Å². The highest BCUT2D eigenvalue weighted by atomic mass is 32.2. The molecular formula is C14H20N6O2S. The topological polar surface area (TPSA) is 92.5 Å². The van der Waals surface area contributed by atoms with Crippen molar-refractivity contribution in [2.75, 3.05) is 18.8 Å². The molecule has 0 aromatic carbocycles. The van der Waals surface area contributed by atoms with Crippen LogP contribution >= 0.6 is 0 Å². The average molecular weight is 336 g/mol. The van der Waals surface area contributed by atoms with Crippen molar-refractivity contribution in [1.29, 1.82) is 0 Å². The molecule has 3 aliphatic rings. The van der Waals surface area contributed by atoms with Crippen LogP contribution in [0.4, 0.5) is 0 Å². The smallest absolute Gasteiger partial charge is 0.213 e. The minimum atomic E-state index is -3.16. The van der Waals surface area contributed by atoms with Crippen molar-refractivity contribution < 1.29 is 8.42 Å². The Morgan fingerprint density at radius 3 is 3.09 bits per heavy atom. The van der Waals surface area contributed by atoms with E-state index < -0.39 is 10.0 Å². The van der Waals surface area contributed by atoms with Crippen LogP contribution in [0.15, 0.2) is 17.3 Å². The molecule has 1 fully saturated rings. The number of aromatic nitrogens is 3. The van der Waals surface area contributed by atoms with Crippen LogP contribution in [0.1, 0.15) is 43.4 Å². The maximum Gasteiger partial charge on any atom is 0.213 e. The minimum absolute atomic E-state index is 0.0173. The molecule has 1 aromatic heterocycles. The molecule has 0 spiro atoms. The minimum Gasteiger partial charge on any atom is -0.368 e. The number of sulfonamides is 1. The Morgan fingerprint density at radius 1 is 1.39 bits per heavy atom. The summed E-state index contributed by atoms with van der Waals surface area (Å²) in [5, 5.41) is 11.8. The summed E-state index contributed by atoms with van der Waals surface area (Å²) in [4.78, 5) is 4.43. The molecule has 23 heavy (non-hydrogen) atoms. The monoisotopic (exact) mass is 336 g/mol. The Morgan fingerprint density at radius 2 is 2.26 bits per heavy atom. The Hall–Kier alpha value is -1.74. The van der Waals surface area contributed by atoms with E-state index in [1.54, 1.807) is 17.4 Å². The van der Waals surface area contributed by atoms with Crippen molar-refractivity contribution in [2.24, 2.45) is 4.99 Å². The van der Waals surface area contributed by atoms with Gasteiger partial charge in [0.25, 0.3) is 0 Å². The standard InChI is InChI=1S/C14H20N6O2S/c1-2-23(21,22)19-7-3-4-10(9-19)14-18-17-12-8-16-13-11(20(12)14)5-6-15-13/h5-6,8,10-11,13,15H,2-4,7,9H2,1H3/t10-,11?,13?/m0/s1. The number of piperidine rings is 1. The molecule has 1 aromatic rings. The molecule has 0 saturated carbocycles. The molecule has 8 nitrogen and oxygen atoms in total. The number of hydrogen-bond acceptors (Lipinski definition) is 6. The van der Waals surface area contributed by atoms with Crippen molar-refractivity contribution in [3.63, 3.8) is 0 Å². The molecule has 2 unspecified atom stereocenters. The molecule has 124 valence electrons. The van der Waals surface area contributed by atoms with Gasteiger partial charge in [-0.15, -0.1) is 10.2 Å². The summed E-state index contributed by atoms with van der Waals surface area (Å²) >= 11 is 0. The summed E-state index contributed by atoms with van der Waals surface area (Å²) in [5.41, 5.74) is 0. The number of rotatable bonds is 3. The van der Waals surface area contributed by atoms with E-state index in [-0.39, 0.29) is 23.9 Å². The first-order valence-electron chi connectivity index (χ1n) is 7.98. The maximum absolute atomic E-state index is 12.2. The number of hydrogen-bond donors (Lipinski definition) is 1. The van der Waals surface area contributed by atoms with E-state index in [4.69, 9.17) is 0 Å². The Kier molecular flexibility index (Phi) is 3.49. The quantitative estimate of drug-likeness (QED) is 0.853. The third-order valence-corrected chi connectivity index (χ3v) is 6.64. The first kappa shape index (κ1) is 14.8. The highest BCUT2D eigenvalue weighted by Gasteiger charge is 2.36. The number of aliphatic imine (C=N–C) groups is 1. The third kappa shape index (κ3) is 2.38. The number of fused-ring (bicyclic) bond motifs is 3. The predicted octanol–water partition coefficient (Wildman–Crippen LogP) is 0.224. The van der Waals surface area contributed by atoms with E-state index in [2.05, 4.69) is 31.1 Å². The summed E-state index contributed by atoms with van der Waals surface area (Å²) in [7, 11) is -3.16. The van der Waals surface area contributed by atoms with Crippen LogP contribution in [0.5, 0.6) is 0 Å². The fraction of sp³-hybridized carbons (Fsp3) is 0.643. The molecule has 0 radical (unpaired) electrons. The van der Waals surface area contributed by atoms with Gasteiger partial charge in [0.05, 0.1) is 18.0 Å². The van der Waals surface area contributed by atoms with Gasteiger partial charge in [0.2, 0.25) is 10.0 Å². The summed E-state index contributed by atoms with van der Waals surface area (Å²) in [6.07, 6.45) is 7.46. The van der Waals surface area contributed by atoms with Gasteiger partial charge in [0.15, 0.2) is 5.82 Å². The highest BCUT2D eigenvalue weighted by molar-refractivity contribution is 7.89. The second kappa shape index (κ2) is 5.41. The van der Waals surface area contributed by atoms with Crippen molar-refractivity contribution >= 4 is 16.2 Å². The maximum atomic E-state index is 12.2. The number of nitrogens with one attached hydrogen (secondary N) is 1. The molecular weight excluding hydrogens is 316 g/mol. The zero-order chi connectivity index (χ0) is 16.0. The summed E-state index contributed by atoms with van der Waals surface area (Å²) < 4.78 is 28.1. The lowest BCUT2D eigenvalue weighted by atomic mass is 9.98. The second-order valence-electron chi connectivity index (χ2n) is 6.12. The molecule has 1 saturated heterocycles. The molecule has 3 atom stereocenters. The van der Waals surface area contributed by atoms with Crippen molar-refractivity contribution in [1.82, 2.24) is 24.4 Å². The van der Waals surface area contributed by atoms with E-state index in [1.165, 1.54) is 0 Å². The van der Waals surface area contributed by atoms with Gasteiger partial charge in [-0.25, -0.2) is 12.7 Å². The van der Waals surface area contributed by atoms with E-state index in [1.807, 2.05) is 6.20 Å². The average Bonchev–Trinajstić information content (AvgIpc) is 3.20. The normalized spacial score (nSPS) is 30.0. The van der Waals surface area contributed by atoms with Crippen LogP contribution in [0.25, 0.3) is 0 Å². The lowest BCUT2D eigenvalue weighted by molar-refractivity contribution is 0.300. The van der Waals surface area contributed by atoms with Crippen molar-refractivity contribution in [3.8, 4) is 0 Å². The van der Waals surface area contributed by atoms with Crippen LogP contribution in [0, 0.1) is 0 Å². The molecule has 0 aliphatic carbocycles. The number of nitrogens with zero attached hydrogens (tertiary/aromatic N) is 5. The predicted molar refractivity (Wildman–Crippen MR) is 85.7 cm³/mol. The van der Waals surface area contributed by atoms with Gasteiger partial charge < -0.3 is 5.32 Å². The SMILES string of the molecule is CCS(=O)(=O)N1CCC[C@H](c2nnc3n2C2C=CNC2N=C3)C1. The Balaban J connectivity index is 1.66. The van der Waals surface area contributed by atoms with Gasteiger partial charge in [-0.1, -0.05) is 0 Å². The van der Waals surface area contributed by atoms with E-state index >= 15 is 0 Å². The van der Waals surface area contributed by atoms with Crippen molar-refractivity contribution in [2.45, 2.75) is 37.9 Å². The molecule has 1 N–H and O–H groups in total. The Bertz CT molecular complexity index is 768. The zero-order valence-corrected chi connectivity index (χ0v) is 13.8. The Labute approximate surface area is 135 Å². The summed E-state index contributed by atoms with van der Waals surface area (Å²) in [5.74, 6) is 1.82. The van der Waals surface area contributed by atoms with Gasteiger partial charge in [-0.05, 0) is 32.0 Å². The molecule has 3 aliphatic heterocycles. The summed E-state index contributed by atoms with van der Waals surface area (Å²) in [6.45, 7) is 2.77. The molecule has 4 rings (SSSR count). The largest absolute Gasteiger partial charge is 0.368 e. The van der Waals surface area contributed by atoms with E-state index in [9.17, 15) is 8.42 Å². The molecule has 4 heterocycles. The van der Waals surface area contributed by atoms with Gasteiger partial charge in [0.1, 0.15) is 12.0 Å². The lowest BCUT2D eigenvalue weighted by Crippen LogP contribution is -2.41. The fourth-order valence-electron chi connectivity index (χ4n) is 3.54. The van der Waals surface area contributed by atoms with Crippen LogP contribution < -0.4 is 5.32 Å². The lowest BCUT2D eigenvalue weighted by Gasteiger charge is -2.32. The van der Waals surface area contributed by atoms with Crippen LogP contribution in [-0.2, 0) is 10.0 Å². The molecule has 0 amide bonds. The van der Waals surface area contributed by atoms with Crippen LogP contribution in [0.3, 0.4) is 0 Å². The molecule has 0 bridgehead atoms. The van der Waals surface area contributed by atoms with E-state index in [0.29, 0.717) is 13.1 Å². The highest BCUT2D eigenvalue weighted by Crippen LogP contribution is 2.33. The third-order valence-electron chi connectivity index (χ3n) is 4.79. The first-order valence-corrected chi connectivity index (χ1v) is 9.59.